The fraction of sp³-hybridized carbons (Fsp3) is 0.235. The molecule has 562 valence electrons. The lowest BCUT2D eigenvalue weighted by Crippen LogP contribution is -2.39. The molecule has 20 aromatic rings. The first kappa shape index (κ1) is 73.5. The van der Waals surface area contributed by atoms with E-state index in [2.05, 4.69) is 388 Å². The Kier molecular flexibility index (Phi) is 18.9. The van der Waals surface area contributed by atoms with Crippen molar-refractivity contribution in [1.29, 1.82) is 0 Å². The van der Waals surface area contributed by atoms with Crippen LogP contribution in [0.1, 0.15) is 97.7 Å². The van der Waals surface area contributed by atoms with Gasteiger partial charge in [-0.2, -0.15) is 0 Å². The Labute approximate surface area is 660 Å². The molecule has 0 aliphatic heterocycles. The molecule has 13 heterocycles. The van der Waals surface area contributed by atoms with Crippen molar-refractivity contribution in [3.05, 3.63) is 295 Å². The second-order valence-electron chi connectivity index (χ2n) is 33.1. The molecule has 1 saturated carbocycles. The topological polar surface area (TPSA) is 93.5 Å². The molecule has 15 heteroatoms. The zero-order valence-electron chi connectivity index (χ0n) is 68.1. The predicted molar refractivity (Wildman–Crippen MR) is 467 cm³/mol. The monoisotopic (exact) mass is 1500 g/mol. The highest BCUT2D eigenvalue weighted by Gasteiger charge is 2.29. The molecule has 0 amide bonds. The Morgan fingerprint density at radius 2 is 0.796 bits per heavy atom. The summed E-state index contributed by atoms with van der Waals surface area (Å²) in [4.78, 5) is 19.2. The first-order valence-corrected chi connectivity index (χ1v) is 43.4. The Morgan fingerprint density at radius 3 is 1.29 bits per heavy atom. The van der Waals surface area contributed by atoms with Gasteiger partial charge in [-0.1, -0.05) is 198 Å². The van der Waals surface area contributed by atoms with Crippen LogP contribution in [0.2, 0.25) is 19.6 Å². The number of pyridine rings is 8. The highest BCUT2D eigenvalue weighted by Crippen LogP contribution is 2.42. The highest BCUT2D eigenvalue weighted by molar-refractivity contribution is 6.90. The van der Waals surface area contributed by atoms with Crippen molar-refractivity contribution in [2.24, 2.45) is 35.2 Å². The molecule has 1 aliphatic carbocycles. The fourth-order valence-corrected chi connectivity index (χ4v) is 19.7. The Morgan fingerprint density at radius 1 is 0.381 bits per heavy atom. The molecule has 0 unspecified atom stereocenters. The molecule has 0 bridgehead atoms. The smallest absolute Gasteiger partial charge is 0.238 e. The zero-order chi connectivity index (χ0) is 78.5. The molecule has 113 heavy (non-hydrogen) atoms. The van der Waals surface area contributed by atoms with Crippen molar-refractivity contribution < 1.29 is 23.4 Å². The second kappa shape index (κ2) is 29.1. The summed E-state index contributed by atoms with van der Waals surface area (Å²) in [5.41, 5.74) is 28.4. The maximum absolute atomic E-state index is 4.86. The lowest BCUT2D eigenvalue weighted by atomic mass is 9.82. The van der Waals surface area contributed by atoms with Gasteiger partial charge >= 0.3 is 0 Å². The van der Waals surface area contributed by atoms with Crippen LogP contribution in [0.5, 0.6) is 0 Å². The van der Waals surface area contributed by atoms with E-state index in [1.165, 1.54) is 191 Å². The van der Waals surface area contributed by atoms with E-state index in [1.807, 2.05) is 24.8 Å². The number of hydrogen-bond acceptors (Lipinski definition) is 4. The van der Waals surface area contributed by atoms with E-state index >= 15 is 0 Å². The summed E-state index contributed by atoms with van der Waals surface area (Å²) in [5.74, 6) is 0.675. The average molecular weight is 1500 g/mol. The molecule has 21 rings (SSSR count). The van der Waals surface area contributed by atoms with Crippen LogP contribution in [0.25, 0.3) is 137 Å². The third kappa shape index (κ3) is 12.7. The molecule has 7 aromatic carbocycles. The molecule has 0 atom stereocenters. The molecule has 14 nitrogen and oxygen atoms in total. The number of nitrogens with zero attached hydrogens (tertiary/aromatic N) is 14. The van der Waals surface area contributed by atoms with Crippen LogP contribution in [0.4, 0.5) is 0 Å². The molecule has 1 fully saturated rings. The van der Waals surface area contributed by atoms with E-state index in [0.29, 0.717) is 5.92 Å². The Bertz CT molecular complexity index is 6960. The lowest BCUT2D eigenvalue weighted by Gasteiger charge is -2.24. The summed E-state index contributed by atoms with van der Waals surface area (Å²) in [7, 11) is 8.98. The van der Waals surface area contributed by atoms with Gasteiger partial charge in [0.2, 0.25) is 5.52 Å². The number of para-hydroxylation sites is 2. The lowest BCUT2D eigenvalue weighted by molar-refractivity contribution is -0.735. The molecular formula is C98H101N14Si+5. The van der Waals surface area contributed by atoms with Gasteiger partial charge in [-0.05, 0) is 145 Å². The van der Waals surface area contributed by atoms with Crippen LogP contribution in [0.3, 0.4) is 0 Å². The standard InChI is InChI=1S/C22H24N3.C22H18N3.C20H22N3.C19H22N3Si.C15H15N2/c2*1-15-11-13-23-21-20-17(16-7-4-3-5-8-16)9-6-10-18(20)19-12-14-24(2)25(19)22(15)21;1-13-9-11-21-18-17-14(7-6-8-15(17)20(2,3)4)16-10-12-22(5)23(16)19(13)18;1-13-9-11-20-18-17-14(7-6-8-16(17)23(3,4)5)15-10-12-21(2)22(15)19(13)18;1-12-7-3-5-9-14(12)17-11-13-8-4-6-10-15(13)16(17)2/h6,9-14,16H,3-5,7-8H2,1-2H3;3-14H,1-2H3;2*6-12H,1-5H3;3-11H,1-2H3/q5*+1. The second-order valence-corrected chi connectivity index (χ2v) is 38.2. The minimum atomic E-state index is -1.47. The average Bonchev–Trinajstić information content (AvgIpc) is 1.73. The predicted octanol–water partition coefficient (Wildman–Crippen LogP) is 19.4. The molecule has 0 spiro atoms. The molecule has 0 saturated heterocycles. The number of hydrogen-bond donors (Lipinski definition) is 0. The number of benzene rings is 7. The van der Waals surface area contributed by atoms with Crippen LogP contribution >= 0.6 is 0 Å². The van der Waals surface area contributed by atoms with Crippen LogP contribution in [-0.4, -0.2) is 50.8 Å². The summed E-state index contributed by atoms with van der Waals surface area (Å²) in [6.07, 6.45) is 25.1. The van der Waals surface area contributed by atoms with E-state index in [1.54, 1.807) is 0 Å². The number of aryl methyl sites for hydroxylation is 10. The maximum atomic E-state index is 4.86. The van der Waals surface area contributed by atoms with Gasteiger partial charge in [-0.25, -0.2) is 0 Å². The normalized spacial score (nSPS) is 12.9. The fourth-order valence-electron chi connectivity index (χ4n) is 18.1. The van der Waals surface area contributed by atoms with Crippen molar-refractivity contribution in [3.63, 3.8) is 0 Å². The van der Waals surface area contributed by atoms with Gasteiger partial charge < -0.3 is 0 Å². The van der Waals surface area contributed by atoms with Gasteiger partial charge in [0.25, 0.3) is 0 Å². The van der Waals surface area contributed by atoms with Gasteiger partial charge in [-0.15, -0.1) is 46.2 Å². The van der Waals surface area contributed by atoms with Gasteiger partial charge in [0, 0.05) is 98.2 Å². The van der Waals surface area contributed by atoms with Crippen molar-refractivity contribution in [3.8, 4) is 16.8 Å². The third-order valence-electron chi connectivity index (χ3n) is 23.6. The van der Waals surface area contributed by atoms with Crippen LogP contribution in [-0.2, 0) is 40.7 Å². The first-order chi connectivity index (χ1) is 54.6. The summed E-state index contributed by atoms with van der Waals surface area (Å²) in [6.45, 7) is 24.9. The van der Waals surface area contributed by atoms with E-state index in [-0.39, 0.29) is 5.41 Å². The van der Waals surface area contributed by atoms with Gasteiger partial charge in [0.15, 0.2) is 60.0 Å². The quantitative estimate of drug-likeness (QED) is 0.0997. The van der Waals surface area contributed by atoms with E-state index in [0.717, 1.165) is 22.1 Å². The zero-order valence-corrected chi connectivity index (χ0v) is 69.1. The van der Waals surface area contributed by atoms with Crippen molar-refractivity contribution in [2.75, 3.05) is 0 Å². The van der Waals surface area contributed by atoms with Crippen molar-refractivity contribution in [2.45, 2.75) is 118 Å². The SMILES string of the molecule is Cc1ccccc1-n1cc2ccccc2[n+]1C.Cc1ccnc2c3c(-c4ccccc4)cccc3c3cc[n+](C)n3c12.Cc1ccnc2c3c(C(C)(C)C)cccc3c3cc[n+](C)n3c12.Cc1ccnc2c3c(C4CCCCC4)cccc3c3cc[n+](C)n3c12.Cc1ccnc2c3c([Si](C)(C)C)cccc3c3cc[n+](C)n3c12. The Balaban J connectivity index is 0.000000103. The summed E-state index contributed by atoms with van der Waals surface area (Å²) in [5, 5.41) is 13.1. The molecule has 0 radical (unpaired) electrons. The number of aromatic nitrogens is 14. The minimum absolute atomic E-state index is 0.0744. The third-order valence-corrected chi connectivity index (χ3v) is 25.7. The van der Waals surface area contributed by atoms with Crippen LogP contribution in [0, 0.1) is 34.6 Å². The molecule has 0 N–H and O–H groups in total. The largest absolute Gasteiger partial charge is 0.254 e. The maximum Gasteiger partial charge on any atom is 0.238 e. The summed E-state index contributed by atoms with van der Waals surface area (Å²) in [6, 6.07) is 71.4. The number of fused-ring (bicyclic) bond motifs is 25. The van der Waals surface area contributed by atoms with Gasteiger partial charge in [-0.3, -0.25) is 19.9 Å². The van der Waals surface area contributed by atoms with E-state index in [4.69, 9.17) is 19.9 Å². The first-order valence-electron chi connectivity index (χ1n) is 39.9. The van der Waals surface area contributed by atoms with E-state index < -0.39 is 8.07 Å². The Hall–Kier alpha value is -12.3. The van der Waals surface area contributed by atoms with Crippen molar-refractivity contribution in [1.82, 2.24) is 42.7 Å². The molecule has 1 aliphatic rings. The highest BCUT2D eigenvalue weighted by atomic mass is 28.3. The van der Waals surface area contributed by atoms with E-state index in [9.17, 15) is 0 Å². The van der Waals surface area contributed by atoms with Crippen molar-refractivity contribution >= 4 is 133 Å². The molecule has 13 aromatic heterocycles. The van der Waals surface area contributed by atoms with Gasteiger partial charge in [0.05, 0.1) is 19.7 Å². The number of rotatable bonds is 4. The summed E-state index contributed by atoms with van der Waals surface area (Å²) < 4.78 is 22.1. The van der Waals surface area contributed by atoms with Gasteiger partial charge in [0.1, 0.15) is 71.9 Å². The van der Waals surface area contributed by atoms with Crippen LogP contribution < -0.4 is 28.6 Å². The minimum Gasteiger partial charge on any atom is -0.254 e. The summed E-state index contributed by atoms with van der Waals surface area (Å²) >= 11 is 0. The molecular weight excluding hydrogens is 1400 g/mol. The van der Waals surface area contributed by atoms with Crippen LogP contribution in [0.15, 0.2) is 256 Å².